The lowest BCUT2D eigenvalue weighted by Gasteiger charge is -2.27. The molecule has 6 heteroatoms. The van der Waals surface area contributed by atoms with E-state index in [-0.39, 0.29) is 23.7 Å². The minimum absolute atomic E-state index is 0.122. The van der Waals surface area contributed by atoms with E-state index >= 15 is 0 Å². The summed E-state index contributed by atoms with van der Waals surface area (Å²) < 4.78 is 10.7. The molecule has 0 spiro atoms. The van der Waals surface area contributed by atoms with Gasteiger partial charge < -0.3 is 19.5 Å². The van der Waals surface area contributed by atoms with Gasteiger partial charge in [-0.1, -0.05) is 49.7 Å². The fourth-order valence-electron chi connectivity index (χ4n) is 4.12. The van der Waals surface area contributed by atoms with Gasteiger partial charge in [0.1, 0.15) is 0 Å². The van der Waals surface area contributed by atoms with E-state index < -0.39 is 17.7 Å². The average molecular weight is 438 g/mol. The van der Waals surface area contributed by atoms with Crippen molar-refractivity contribution in [2.75, 3.05) is 20.8 Å². The second-order valence-electron chi connectivity index (χ2n) is 8.54. The van der Waals surface area contributed by atoms with Gasteiger partial charge in [-0.15, -0.1) is 0 Å². The summed E-state index contributed by atoms with van der Waals surface area (Å²) >= 11 is 0. The van der Waals surface area contributed by atoms with E-state index in [1.165, 1.54) is 0 Å². The van der Waals surface area contributed by atoms with E-state index in [1.54, 1.807) is 19.1 Å². The van der Waals surface area contributed by atoms with Crippen LogP contribution in [0.5, 0.6) is 11.5 Å². The molecule has 0 aromatic heterocycles. The van der Waals surface area contributed by atoms with Crippen LogP contribution in [0, 0.1) is 12.8 Å². The Kier molecular flexibility index (Phi) is 7.23. The van der Waals surface area contributed by atoms with Crippen LogP contribution < -0.4 is 9.47 Å². The van der Waals surface area contributed by atoms with Crippen LogP contribution in [0.3, 0.4) is 0 Å². The second-order valence-corrected chi connectivity index (χ2v) is 8.54. The van der Waals surface area contributed by atoms with Crippen LogP contribution in [-0.2, 0) is 16.0 Å². The molecule has 0 saturated heterocycles. The van der Waals surface area contributed by atoms with Crippen molar-refractivity contribution in [3.05, 3.63) is 70.5 Å². The SMILES string of the molecule is COc1ccc(CCN2C(=O)C(O)=C(C(=O)CC(C)C)C2c2cccc(C)c2)cc1OC. The summed E-state index contributed by atoms with van der Waals surface area (Å²) in [4.78, 5) is 27.7. The van der Waals surface area contributed by atoms with Crippen molar-refractivity contribution in [3.8, 4) is 11.5 Å². The topological polar surface area (TPSA) is 76.1 Å². The minimum Gasteiger partial charge on any atom is -0.503 e. The van der Waals surface area contributed by atoms with E-state index in [0.717, 1.165) is 16.7 Å². The van der Waals surface area contributed by atoms with Gasteiger partial charge in [-0.25, -0.2) is 0 Å². The first-order valence-electron chi connectivity index (χ1n) is 10.8. The maximum absolute atomic E-state index is 13.0. The van der Waals surface area contributed by atoms with Gasteiger partial charge in [0, 0.05) is 13.0 Å². The number of hydrogen-bond acceptors (Lipinski definition) is 5. The van der Waals surface area contributed by atoms with Crippen LogP contribution in [0.2, 0.25) is 0 Å². The standard InChI is InChI=1S/C26H31NO5/c1-16(2)13-20(28)23-24(19-8-6-7-17(3)14-19)27(26(30)25(23)29)12-11-18-9-10-21(31-4)22(15-18)32-5/h6-10,14-16,24,29H,11-13H2,1-5H3. The third-order valence-corrected chi connectivity index (χ3v) is 5.64. The molecule has 0 radical (unpaired) electrons. The maximum atomic E-state index is 13.0. The summed E-state index contributed by atoms with van der Waals surface area (Å²) in [6.07, 6.45) is 0.811. The van der Waals surface area contributed by atoms with E-state index in [9.17, 15) is 14.7 Å². The number of carbonyl (C=O) groups is 2. The number of benzene rings is 2. The molecule has 0 aliphatic carbocycles. The molecule has 1 amide bonds. The Morgan fingerprint density at radius 2 is 1.81 bits per heavy atom. The molecule has 1 atom stereocenters. The third kappa shape index (κ3) is 4.79. The van der Waals surface area contributed by atoms with E-state index in [1.807, 2.05) is 63.2 Å². The molecule has 1 N–H and O–H groups in total. The molecule has 1 aliphatic heterocycles. The van der Waals surface area contributed by atoms with E-state index in [4.69, 9.17) is 9.47 Å². The minimum atomic E-state index is -0.603. The summed E-state index contributed by atoms with van der Waals surface area (Å²) in [6.45, 7) is 6.20. The largest absolute Gasteiger partial charge is 0.503 e. The molecule has 0 saturated carbocycles. The van der Waals surface area contributed by atoms with Gasteiger partial charge in [0.05, 0.1) is 25.8 Å². The molecule has 3 rings (SSSR count). The number of amides is 1. The highest BCUT2D eigenvalue weighted by Gasteiger charge is 2.43. The second kappa shape index (κ2) is 9.90. The predicted octanol–water partition coefficient (Wildman–Crippen LogP) is 4.57. The first-order chi connectivity index (χ1) is 15.3. The molecule has 1 unspecified atom stereocenters. The summed E-state index contributed by atoms with van der Waals surface area (Å²) in [6, 6.07) is 12.7. The third-order valence-electron chi connectivity index (χ3n) is 5.64. The fourth-order valence-corrected chi connectivity index (χ4v) is 4.12. The van der Waals surface area contributed by atoms with Crippen molar-refractivity contribution in [3.63, 3.8) is 0 Å². The molecule has 1 heterocycles. The van der Waals surface area contributed by atoms with Crippen LogP contribution >= 0.6 is 0 Å². The number of rotatable bonds is 9. The molecule has 0 bridgehead atoms. The Bertz CT molecular complexity index is 1040. The molecule has 1 aliphatic rings. The first kappa shape index (κ1) is 23.4. The number of aliphatic hydroxyl groups excluding tert-OH is 1. The van der Waals surface area contributed by atoms with Gasteiger partial charge in [-0.2, -0.15) is 0 Å². The van der Waals surface area contributed by atoms with Crippen molar-refractivity contribution < 1.29 is 24.2 Å². The zero-order valence-electron chi connectivity index (χ0n) is 19.3. The van der Waals surface area contributed by atoms with Crippen molar-refractivity contribution in [1.29, 1.82) is 0 Å². The summed E-state index contributed by atoms with van der Waals surface area (Å²) in [5.74, 6) is 0.232. The van der Waals surface area contributed by atoms with Gasteiger partial charge in [0.25, 0.3) is 5.91 Å². The predicted molar refractivity (Wildman–Crippen MR) is 123 cm³/mol. The highest BCUT2D eigenvalue weighted by molar-refractivity contribution is 6.09. The zero-order valence-corrected chi connectivity index (χ0v) is 19.3. The molecular weight excluding hydrogens is 406 g/mol. The Hall–Kier alpha value is -3.28. The average Bonchev–Trinajstić information content (AvgIpc) is 3.01. The Labute approximate surface area is 189 Å². The molecule has 2 aromatic rings. The lowest BCUT2D eigenvalue weighted by molar-refractivity contribution is -0.129. The molecular formula is C26H31NO5. The van der Waals surface area contributed by atoms with Crippen molar-refractivity contribution >= 4 is 11.7 Å². The number of ether oxygens (including phenoxy) is 2. The number of carbonyl (C=O) groups excluding carboxylic acids is 2. The first-order valence-corrected chi connectivity index (χ1v) is 10.8. The van der Waals surface area contributed by atoms with Crippen LogP contribution in [-0.4, -0.2) is 42.5 Å². The van der Waals surface area contributed by atoms with Crippen LogP contribution in [0.1, 0.15) is 43.0 Å². The number of nitrogens with zero attached hydrogens (tertiary/aromatic N) is 1. The fraction of sp³-hybridized carbons (Fsp3) is 0.385. The highest BCUT2D eigenvalue weighted by atomic mass is 16.5. The smallest absolute Gasteiger partial charge is 0.290 e. The maximum Gasteiger partial charge on any atom is 0.290 e. The number of hydrogen-bond donors (Lipinski definition) is 1. The van der Waals surface area contributed by atoms with Gasteiger partial charge in [0.15, 0.2) is 23.0 Å². The summed E-state index contributed by atoms with van der Waals surface area (Å²) in [7, 11) is 3.16. The highest BCUT2D eigenvalue weighted by Crippen LogP contribution is 2.39. The van der Waals surface area contributed by atoms with Crippen molar-refractivity contribution in [2.24, 2.45) is 5.92 Å². The van der Waals surface area contributed by atoms with Gasteiger partial charge in [0.2, 0.25) is 0 Å². The van der Waals surface area contributed by atoms with Crippen molar-refractivity contribution in [2.45, 2.75) is 39.7 Å². The van der Waals surface area contributed by atoms with E-state index in [0.29, 0.717) is 24.5 Å². The molecule has 32 heavy (non-hydrogen) atoms. The summed E-state index contributed by atoms with van der Waals surface area (Å²) in [5, 5.41) is 10.7. The molecule has 6 nitrogen and oxygen atoms in total. The quantitative estimate of drug-likeness (QED) is 0.622. The van der Waals surface area contributed by atoms with Gasteiger partial charge in [-0.3, -0.25) is 9.59 Å². The molecule has 170 valence electrons. The monoisotopic (exact) mass is 437 g/mol. The molecule has 2 aromatic carbocycles. The van der Waals surface area contributed by atoms with Crippen molar-refractivity contribution in [1.82, 2.24) is 4.90 Å². The zero-order chi connectivity index (χ0) is 23.4. The Balaban J connectivity index is 1.93. The number of methoxy groups -OCH3 is 2. The Morgan fingerprint density at radius 3 is 2.44 bits per heavy atom. The number of aryl methyl sites for hydroxylation is 1. The number of ketones is 1. The van der Waals surface area contributed by atoms with Gasteiger partial charge >= 0.3 is 0 Å². The molecule has 0 fully saturated rings. The van der Waals surface area contributed by atoms with E-state index in [2.05, 4.69) is 0 Å². The lowest BCUT2D eigenvalue weighted by Crippen LogP contribution is -2.33. The number of aliphatic hydroxyl groups is 1. The van der Waals surface area contributed by atoms with Crippen LogP contribution in [0.4, 0.5) is 0 Å². The van der Waals surface area contributed by atoms with Crippen LogP contribution in [0.15, 0.2) is 53.8 Å². The normalized spacial score (nSPS) is 16.1. The van der Waals surface area contributed by atoms with Gasteiger partial charge in [-0.05, 0) is 42.5 Å². The Morgan fingerprint density at radius 1 is 1.09 bits per heavy atom. The van der Waals surface area contributed by atoms with Crippen LogP contribution in [0.25, 0.3) is 0 Å². The number of Topliss-reactive ketones (excluding diaryl/α,β-unsaturated/α-hetero) is 1. The summed E-state index contributed by atoms with van der Waals surface area (Å²) in [5.41, 5.74) is 3.00. The lowest BCUT2D eigenvalue weighted by atomic mass is 9.91.